The lowest BCUT2D eigenvalue weighted by Crippen LogP contribution is -2.42. The van der Waals surface area contributed by atoms with Gasteiger partial charge in [0.2, 0.25) is 5.91 Å². The second-order valence-corrected chi connectivity index (χ2v) is 4.71. The number of benzene rings is 1. The smallest absolute Gasteiger partial charge is 0.224 e. The van der Waals surface area contributed by atoms with Crippen molar-refractivity contribution < 1.29 is 9.18 Å². The van der Waals surface area contributed by atoms with Crippen molar-refractivity contribution in [2.24, 2.45) is 11.7 Å². The summed E-state index contributed by atoms with van der Waals surface area (Å²) in [6.45, 7) is 0.682. The maximum atomic E-state index is 12.9. The van der Waals surface area contributed by atoms with Gasteiger partial charge >= 0.3 is 0 Å². The van der Waals surface area contributed by atoms with Crippen LogP contribution in [0.3, 0.4) is 0 Å². The molecule has 92 valence electrons. The molecule has 0 radical (unpaired) electrons. The summed E-state index contributed by atoms with van der Waals surface area (Å²) in [5.41, 5.74) is 6.36. The van der Waals surface area contributed by atoms with E-state index in [9.17, 15) is 9.18 Å². The van der Waals surface area contributed by atoms with E-state index in [1.54, 1.807) is 12.1 Å². The van der Waals surface area contributed by atoms with Crippen molar-refractivity contribution in [3.05, 3.63) is 35.6 Å². The van der Waals surface area contributed by atoms with E-state index in [2.05, 4.69) is 5.32 Å². The maximum Gasteiger partial charge on any atom is 0.224 e. The molecule has 0 heterocycles. The molecule has 0 unspecified atom stereocenters. The van der Waals surface area contributed by atoms with Crippen molar-refractivity contribution in [1.29, 1.82) is 0 Å². The van der Waals surface area contributed by atoms with Crippen LogP contribution >= 0.6 is 0 Å². The van der Waals surface area contributed by atoms with E-state index >= 15 is 0 Å². The van der Waals surface area contributed by atoms with Gasteiger partial charge in [0.05, 0.1) is 6.42 Å². The van der Waals surface area contributed by atoms with E-state index in [1.165, 1.54) is 12.1 Å². The fraction of sp³-hybridized carbons (Fsp3) is 0.462. The summed E-state index contributed by atoms with van der Waals surface area (Å²) in [6, 6.07) is 6.43. The van der Waals surface area contributed by atoms with Crippen molar-refractivity contribution in [1.82, 2.24) is 5.32 Å². The Labute approximate surface area is 100 Å². The van der Waals surface area contributed by atoms with Crippen LogP contribution in [0.4, 0.5) is 4.39 Å². The molecule has 1 aliphatic carbocycles. The number of carbonyl (C=O) groups excluding carboxylic acids is 1. The standard InChI is InChI=1S/C13H17FN2O/c14-11-3-1-2-9(4-11)7-13(17)16-8-10-5-12(15)6-10/h1-4,10,12H,5-8,15H2,(H,16,17). The topological polar surface area (TPSA) is 55.1 Å². The summed E-state index contributed by atoms with van der Waals surface area (Å²) < 4.78 is 12.9. The van der Waals surface area contributed by atoms with E-state index in [1.807, 2.05) is 0 Å². The summed E-state index contributed by atoms with van der Waals surface area (Å²) in [5, 5.41) is 2.86. The Balaban J connectivity index is 1.73. The number of halogens is 1. The van der Waals surface area contributed by atoms with Gasteiger partial charge in [0, 0.05) is 12.6 Å². The minimum atomic E-state index is -0.305. The van der Waals surface area contributed by atoms with Gasteiger partial charge in [-0.25, -0.2) is 4.39 Å². The van der Waals surface area contributed by atoms with Crippen LogP contribution < -0.4 is 11.1 Å². The largest absolute Gasteiger partial charge is 0.356 e. The van der Waals surface area contributed by atoms with Gasteiger partial charge in [-0.15, -0.1) is 0 Å². The molecule has 17 heavy (non-hydrogen) atoms. The van der Waals surface area contributed by atoms with E-state index in [0.29, 0.717) is 24.1 Å². The predicted octanol–water partition coefficient (Wildman–Crippen LogP) is 1.22. The Morgan fingerprint density at radius 3 is 2.88 bits per heavy atom. The zero-order chi connectivity index (χ0) is 12.3. The van der Waals surface area contributed by atoms with E-state index in [0.717, 1.165) is 12.8 Å². The molecule has 0 atom stereocenters. The van der Waals surface area contributed by atoms with Crippen LogP contribution in [0.1, 0.15) is 18.4 Å². The number of nitrogens with two attached hydrogens (primary N) is 1. The molecule has 1 aromatic carbocycles. The molecular formula is C13H17FN2O. The molecule has 1 aliphatic rings. The van der Waals surface area contributed by atoms with Crippen molar-refractivity contribution in [2.75, 3.05) is 6.54 Å². The minimum Gasteiger partial charge on any atom is -0.356 e. The van der Waals surface area contributed by atoms with Gasteiger partial charge in [-0.2, -0.15) is 0 Å². The van der Waals surface area contributed by atoms with Gasteiger partial charge in [0.1, 0.15) is 5.82 Å². The molecule has 1 amide bonds. The van der Waals surface area contributed by atoms with Gasteiger partial charge < -0.3 is 11.1 Å². The van der Waals surface area contributed by atoms with Gasteiger partial charge in [-0.1, -0.05) is 12.1 Å². The third-order valence-corrected chi connectivity index (χ3v) is 3.11. The highest BCUT2D eigenvalue weighted by atomic mass is 19.1. The molecular weight excluding hydrogens is 219 g/mol. The average molecular weight is 236 g/mol. The summed E-state index contributed by atoms with van der Waals surface area (Å²) in [4.78, 5) is 11.6. The van der Waals surface area contributed by atoms with Gasteiger partial charge in [0.25, 0.3) is 0 Å². The Kier molecular flexibility index (Phi) is 3.74. The summed E-state index contributed by atoms with van der Waals surface area (Å²) >= 11 is 0. The molecule has 0 aliphatic heterocycles. The van der Waals surface area contributed by atoms with Crippen LogP contribution in [-0.2, 0) is 11.2 Å². The summed E-state index contributed by atoms with van der Waals surface area (Å²) in [6.07, 6.45) is 2.21. The third-order valence-electron chi connectivity index (χ3n) is 3.11. The van der Waals surface area contributed by atoms with Gasteiger partial charge in [-0.3, -0.25) is 4.79 Å². The first-order valence-corrected chi connectivity index (χ1v) is 5.90. The number of carbonyl (C=O) groups is 1. The number of amides is 1. The van der Waals surface area contributed by atoms with Crippen LogP contribution in [-0.4, -0.2) is 18.5 Å². The lowest BCUT2D eigenvalue weighted by Gasteiger charge is -2.32. The lowest BCUT2D eigenvalue weighted by atomic mass is 9.81. The van der Waals surface area contributed by atoms with Crippen LogP contribution in [0.15, 0.2) is 24.3 Å². The molecule has 3 N–H and O–H groups in total. The molecule has 1 saturated carbocycles. The number of hydrogen-bond acceptors (Lipinski definition) is 2. The van der Waals surface area contributed by atoms with Crippen molar-refractivity contribution in [2.45, 2.75) is 25.3 Å². The molecule has 4 heteroatoms. The van der Waals surface area contributed by atoms with Crippen molar-refractivity contribution >= 4 is 5.91 Å². The van der Waals surface area contributed by atoms with Crippen LogP contribution in [0.2, 0.25) is 0 Å². The summed E-state index contributed by atoms with van der Waals surface area (Å²) in [5.74, 6) is 0.151. The van der Waals surface area contributed by atoms with Gasteiger partial charge in [-0.05, 0) is 36.5 Å². The molecule has 1 aromatic rings. The van der Waals surface area contributed by atoms with Crippen molar-refractivity contribution in [3.63, 3.8) is 0 Å². The van der Waals surface area contributed by atoms with Crippen LogP contribution in [0, 0.1) is 11.7 Å². The summed E-state index contributed by atoms with van der Waals surface area (Å²) in [7, 11) is 0. The van der Waals surface area contributed by atoms with E-state index in [-0.39, 0.29) is 18.1 Å². The molecule has 0 bridgehead atoms. The van der Waals surface area contributed by atoms with Crippen LogP contribution in [0.5, 0.6) is 0 Å². The average Bonchev–Trinajstić information content (AvgIpc) is 2.23. The van der Waals surface area contributed by atoms with E-state index in [4.69, 9.17) is 5.73 Å². The monoisotopic (exact) mass is 236 g/mol. The molecule has 1 fully saturated rings. The molecule has 3 nitrogen and oxygen atoms in total. The maximum absolute atomic E-state index is 12.9. The highest BCUT2D eigenvalue weighted by Gasteiger charge is 2.25. The zero-order valence-electron chi connectivity index (χ0n) is 9.66. The first kappa shape index (κ1) is 12.0. The minimum absolute atomic E-state index is 0.0592. The van der Waals surface area contributed by atoms with E-state index < -0.39 is 0 Å². The quantitative estimate of drug-likeness (QED) is 0.826. The second kappa shape index (κ2) is 5.27. The number of hydrogen-bond donors (Lipinski definition) is 2. The number of nitrogens with one attached hydrogen (secondary N) is 1. The Morgan fingerprint density at radius 2 is 2.24 bits per heavy atom. The number of rotatable bonds is 4. The van der Waals surface area contributed by atoms with Crippen molar-refractivity contribution in [3.8, 4) is 0 Å². The molecule has 0 saturated heterocycles. The highest BCUT2D eigenvalue weighted by molar-refractivity contribution is 5.78. The lowest BCUT2D eigenvalue weighted by molar-refractivity contribution is -0.120. The second-order valence-electron chi connectivity index (χ2n) is 4.71. The molecule has 2 rings (SSSR count). The fourth-order valence-corrected chi connectivity index (χ4v) is 2.11. The Hall–Kier alpha value is -1.42. The fourth-order valence-electron chi connectivity index (χ4n) is 2.11. The zero-order valence-corrected chi connectivity index (χ0v) is 9.66. The molecule has 0 spiro atoms. The van der Waals surface area contributed by atoms with Crippen LogP contribution in [0.25, 0.3) is 0 Å². The highest BCUT2D eigenvalue weighted by Crippen LogP contribution is 2.24. The predicted molar refractivity (Wildman–Crippen MR) is 63.8 cm³/mol. The van der Waals surface area contributed by atoms with Gasteiger partial charge in [0.15, 0.2) is 0 Å². The first-order chi connectivity index (χ1) is 8.13. The Morgan fingerprint density at radius 1 is 1.47 bits per heavy atom. The molecule has 0 aromatic heterocycles. The first-order valence-electron chi connectivity index (χ1n) is 5.90. The third kappa shape index (κ3) is 3.53. The SMILES string of the molecule is NC1CC(CNC(=O)Cc2cccc(F)c2)C1. The Bertz CT molecular complexity index is 402. The normalized spacial score (nSPS) is 22.9.